The van der Waals surface area contributed by atoms with Gasteiger partial charge in [-0.25, -0.2) is 0 Å². The predicted octanol–water partition coefficient (Wildman–Crippen LogP) is 12.4. The Kier molecular flexibility index (Phi) is 78.0. The molecule has 12 heteroatoms. The van der Waals surface area contributed by atoms with Crippen molar-refractivity contribution in [3.8, 4) is 0 Å². The maximum absolute atomic E-state index is 10.3. The van der Waals surface area contributed by atoms with Crippen molar-refractivity contribution in [3.63, 3.8) is 0 Å². The molecule has 0 unspecified atom stereocenters. The van der Waals surface area contributed by atoms with Crippen LogP contribution in [0.25, 0.3) is 0 Å². The van der Waals surface area contributed by atoms with E-state index in [1.807, 2.05) is 0 Å². The van der Waals surface area contributed by atoms with Gasteiger partial charge in [0.2, 0.25) is 0 Å². The number of carbonyl (C=O) groups is 4. The Hall–Kier alpha value is 0.269. The van der Waals surface area contributed by atoms with E-state index in [0.717, 1.165) is 25.7 Å². The Labute approximate surface area is 373 Å². The van der Waals surface area contributed by atoms with Crippen LogP contribution in [0.4, 0.5) is 0 Å². The van der Waals surface area contributed by atoms with E-state index in [-0.39, 0.29) is 94.5 Å². The van der Waals surface area contributed by atoms with E-state index < -0.39 is 23.9 Å². The van der Waals surface area contributed by atoms with E-state index in [1.165, 1.54) is 154 Å². The van der Waals surface area contributed by atoms with Crippen LogP contribution in [0.15, 0.2) is 12.2 Å². The standard InChI is InChI=1S/C18H36O2.C18H34O2.C4H6O4.4Pd/c2*1-2-3-4-5-6-7-8-9-10-11-12-13-14-15-16-17-18(19)20;5-3(6)1-2-4(7)8;;;;/h2-17H2,1H3,(H,19,20);9-10H,2-8,11-17H2,1H3,(H,19,20);1-2H2,(H,5,6)(H,7,8);;;;/b;10-9-;;;;;. The molecule has 0 aliphatic heterocycles. The van der Waals surface area contributed by atoms with Crippen molar-refractivity contribution in [1.29, 1.82) is 0 Å². The number of hydrogen-bond donors (Lipinski definition) is 4. The zero-order valence-electron chi connectivity index (χ0n) is 32.5. The minimum Gasteiger partial charge on any atom is -0.481 e. The number of carboxylic acids is 4. The molecule has 0 atom stereocenters. The summed E-state index contributed by atoms with van der Waals surface area (Å²) in [5.74, 6) is -3.47. The third-order valence-electron chi connectivity index (χ3n) is 8.20. The quantitative estimate of drug-likeness (QED) is 0.0283. The molecule has 324 valence electrons. The molecule has 0 rings (SSSR count). The molecule has 0 amide bonds. The van der Waals surface area contributed by atoms with E-state index in [4.69, 9.17) is 20.4 Å². The molecule has 4 N–H and O–H groups in total. The van der Waals surface area contributed by atoms with Crippen LogP contribution in [0.2, 0.25) is 0 Å². The fraction of sp³-hybridized carbons (Fsp3) is 0.850. The molecule has 0 aromatic rings. The van der Waals surface area contributed by atoms with Gasteiger partial charge in [-0.15, -0.1) is 0 Å². The number of hydrogen-bond acceptors (Lipinski definition) is 4. The van der Waals surface area contributed by atoms with Gasteiger partial charge in [-0.1, -0.05) is 167 Å². The topological polar surface area (TPSA) is 149 Å². The van der Waals surface area contributed by atoms with Gasteiger partial charge in [-0.05, 0) is 38.5 Å². The largest absolute Gasteiger partial charge is 0.481 e. The van der Waals surface area contributed by atoms with Gasteiger partial charge in [0.1, 0.15) is 0 Å². The van der Waals surface area contributed by atoms with Crippen molar-refractivity contribution < 1.29 is 121 Å². The average Bonchev–Trinajstić information content (AvgIpc) is 3.04. The van der Waals surface area contributed by atoms with Crippen LogP contribution in [0.5, 0.6) is 0 Å². The molecule has 0 fully saturated rings. The van der Waals surface area contributed by atoms with E-state index in [1.54, 1.807) is 0 Å². The van der Waals surface area contributed by atoms with Crippen LogP contribution in [-0.2, 0) is 101 Å². The average molecular weight is 1110 g/mol. The smallest absolute Gasteiger partial charge is 0.303 e. The second kappa shape index (κ2) is 60.5. The number of carboxylic acid groups (broad SMARTS) is 4. The summed E-state index contributed by atoms with van der Waals surface area (Å²) in [5.41, 5.74) is 0. The van der Waals surface area contributed by atoms with Gasteiger partial charge in [0.05, 0.1) is 12.8 Å². The van der Waals surface area contributed by atoms with Crippen LogP contribution in [0.1, 0.15) is 219 Å². The summed E-state index contributed by atoms with van der Waals surface area (Å²) in [6.07, 6.45) is 40.8. The molecule has 0 aliphatic rings. The normalized spacial score (nSPS) is 9.81. The SMILES string of the molecule is CCCCCCCC/C=C\CCCCCCCC(=O)O.CCCCCCCCCCCCCCCCCC(=O)O.O=C(O)CCC(=O)O.[Pd].[Pd].[Pd].[Pd]. The molecule has 8 nitrogen and oxygen atoms in total. The third kappa shape index (κ3) is 79.1. The summed E-state index contributed by atoms with van der Waals surface area (Å²) in [7, 11) is 0. The summed E-state index contributed by atoms with van der Waals surface area (Å²) in [6.45, 7) is 4.53. The first kappa shape index (κ1) is 67.0. The van der Waals surface area contributed by atoms with Gasteiger partial charge in [0, 0.05) is 94.5 Å². The van der Waals surface area contributed by atoms with Crippen LogP contribution in [-0.4, -0.2) is 44.3 Å². The maximum Gasteiger partial charge on any atom is 0.303 e. The molecular weight excluding hydrogens is 1030 g/mol. The Morgan fingerprint density at radius 1 is 0.308 bits per heavy atom. The second-order valence-electron chi connectivity index (χ2n) is 13.1. The summed E-state index contributed by atoms with van der Waals surface area (Å²) < 4.78 is 0. The third-order valence-corrected chi connectivity index (χ3v) is 8.20. The number of rotatable bonds is 34. The molecule has 0 bridgehead atoms. The Balaban J connectivity index is -0.000000121. The molecular formula is C40H76O8Pd4. The van der Waals surface area contributed by atoms with Gasteiger partial charge in [0.25, 0.3) is 0 Å². The van der Waals surface area contributed by atoms with Gasteiger partial charge >= 0.3 is 23.9 Å². The molecule has 0 saturated heterocycles. The van der Waals surface area contributed by atoms with Crippen LogP contribution in [0.3, 0.4) is 0 Å². The van der Waals surface area contributed by atoms with Crippen molar-refractivity contribution in [1.82, 2.24) is 0 Å². The molecule has 0 spiro atoms. The van der Waals surface area contributed by atoms with Gasteiger partial charge in [-0.3, -0.25) is 19.2 Å². The van der Waals surface area contributed by atoms with E-state index in [0.29, 0.717) is 12.8 Å². The molecule has 0 aromatic heterocycles. The second-order valence-corrected chi connectivity index (χ2v) is 13.1. The van der Waals surface area contributed by atoms with Crippen LogP contribution in [0, 0.1) is 0 Å². The van der Waals surface area contributed by atoms with Crippen molar-refractivity contribution in [2.75, 3.05) is 0 Å². The van der Waals surface area contributed by atoms with Crippen molar-refractivity contribution >= 4 is 23.9 Å². The monoisotopic (exact) mass is 1110 g/mol. The molecule has 0 aliphatic carbocycles. The Bertz CT molecular complexity index is 741. The van der Waals surface area contributed by atoms with Crippen molar-refractivity contribution in [2.24, 2.45) is 0 Å². The van der Waals surface area contributed by atoms with Crippen LogP contribution >= 0.6 is 0 Å². The van der Waals surface area contributed by atoms with Gasteiger partial charge in [-0.2, -0.15) is 0 Å². The first-order valence-corrected chi connectivity index (χ1v) is 19.7. The summed E-state index contributed by atoms with van der Waals surface area (Å²) in [6, 6.07) is 0. The summed E-state index contributed by atoms with van der Waals surface area (Å²) in [4.78, 5) is 39.9. The van der Waals surface area contributed by atoms with E-state index in [2.05, 4.69) is 26.0 Å². The Morgan fingerprint density at radius 3 is 0.712 bits per heavy atom. The first-order valence-electron chi connectivity index (χ1n) is 19.7. The zero-order chi connectivity index (χ0) is 36.4. The van der Waals surface area contributed by atoms with Crippen molar-refractivity contribution in [3.05, 3.63) is 12.2 Å². The van der Waals surface area contributed by atoms with E-state index >= 15 is 0 Å². The molecule has 0 radical (unpaired) electrons. The summed E-state index contributed by atoms with van der Waals surface area (Å²) >= 11 is 0. The number of unbranched alkanes of at least 4 members (excludes halogenated alkanes) is 25. The minimum atomic E-state index is -1.08. The molecule has 0 heterocycles. The molecule has 0 aromatic carbocycles. The van der Waals surface area contributed by atoms with Crippen LogP contribution < -0.4 is 0 Å². The number of aliphatic carboxylic acids is 4. The van der Waals surface area contributed by atoms with Crippen molar-refractivity contribution in [2.45, 2.75) is 219 Å². The zero-order valence-corrected chi connectivity index (χ0v) is 38.7. The number of allylic oxidation sites excluding steroid dienone is 2. The molecule has 0 saturated carbocycles. The predicted molar refractivity (Wildman–Crippen MR) is 199 cm³/mol. The molecule has 52 heavy (non-hydrogen) atoms. The van der Waals surface area contributed by atoms with Gasteiger partial charge in [0.15, 0.2) is 0 Å². The fourth-order valence-corrected chi connectivity index (χ4v) is 5.21. The Morgan fingerprint density at radius 2 is 0.500 bits per heavy atom. The first-order chi connectivity index (χ1) is 23.2. The minimum absolute atomic E-state index is 0. The maximum atomic E-state index is 10.3. The van der Waals surface area contributed by atoms with E-state index in [9.17, 15) is 19.2 Å². The summed E-state index contributed by atoms with van der Waals surface area (Å²) in [5, 5.41) is 32.8. The fourth-order valence-electron chi connectivity index (χ4n) is 5.21. The van der Waals surface area contributed by atoms with Gasteiger partial charge < -0.3 is 20.4 Å².